The van der Waals surface area contributed by atoms with Gasteiger partial charge in [0.2, 0.25) is 0 Å². The first-order valence-corrected chi connectivity index (χ1v) is 7.70. The minimum absolute atomic E-state index is 0.00160. The van der Waals surface area contributed by atoms with Crippen LogP contribution in [0.5, 0.6) is 5.75 Å². The van der Waals surface area contributed by atoms with Crippen LogP contribution in [-0.2, 0) is 0 Å². The summed E-state index contributed by atoms with van der Waals surface area (Å²) in [7, 11) is 0. The summed E-state index contributed by atoms with van der Waals surface area (Å²) in [6.45, 7) is 0.400. The molecule has 1 aromatic carbocycles. The van der Waals surface area contributed by atoms with Gasteiger partial charge in [-0.2, -0.15) is 8.78 Å². The van der Waals surface area contributed by atoms with Gasteiger partial charge in [-0.15, -0.1) is 0 Å². The molecule has 0 aromatic heterocycles. The fourth-order valence-corrected chi connectivity index (χ4v) is 2.76. The van der Waals surface area contributed by atoms with Crippen LogP contribution in [0.25, 0.3) is 0 Å². The van der Waals surface area contributed by atoms with E-state index in [4.69, 9.17) is 0 Å². The molecule has 0 unspecified atom stereocenters. The zero-order valence-corrected chi connectivity index (χ0v) is 13.1. The van der Waals surface area contributed by atoms with Crippen LogP contribution in [0.4, 0.5) is 19.3 Å². The van der Waals surface area contributed by atoms with Crippen LogP contribution in [0.3, 0.4) is 0 Å². The Balaban J connectivity index is 1.93. The summed E-state index contributed by atoms with van der Waals surface area (Å²) < 4.78 is 28.7. The maximum atomic E-state index is 12.3. The number of rotatable bonds is 5. The van der Waals surface area contributed by atoms with Crippen LogP contribution in [0, 0.1) is 5.41 Å². The fraction of sp³-hybridized carbons (Fsp3) is 0.562. The van der Waals surface area contributed by atoms with E-state index in [1.54, 1.807) is 11.0 Å². The average Bonchev–Trinajstić information content (AvgIpc) is 2.54. The largest absolute Gasteiger partial charge is 0.435 e. The maximum Gasteiger partial charge on any atom is 0.387 e. The molecule has 0 atom stereocenters. The highest BCUT2D eigenvalue weighted by Gasteiger charge is 2.33. The fourth-order valence-electron chi connectivity index (χ4n) is 2.76. The first kappa shape index (κ1) is 17.5. The van der Waals surface area contributed by atoms with Gasteiger partial charge in [0.15, 0.2) is 0 Å². The molecule has 1 saturated heterocycles. The number of aliphatic hydroxyl groups is 1. The van der Waals surface area contributed by atoms with Gasteiger partial charge in [-0.3, -0.25) is 0 Å². The van der Waals surface area contributed by atoms with Gasteiger partial charge in [-0.1, -0.05) is 13.0 Å². The van der Waals surface area contributed by atoms with E-state index in [9.17, 15) is 18.7 Å². The second-order valence-corrected chi connectivity index (χ2v) is 5.84. The Morgan fingerprint density at radius 1 is 1.43 bits per heavy atom. The Bertz CT molecular complexity index is 526. The highest BCUT2D eigenvalue weighted by Crippen LogP contribution is 2.34. The molecule has 0 spiro atoms. The first-order chi connectivity index (χ1) is 11.0. The van der Waals surface area contributed by atoms with Gasteiger partial charge >= 0.3 is 12.6 Å². The molecule has 128 valence electrons. The van der Waals surface area contributed by atoms with E-state index in [-0.39, 0.29) is 23.8 Å². The van der Waals surface area contributed by atoms with Crippen LogP contribution in [0.1, 0.15) is 26.2 Å². The molecule has 2 rings (SSSR count). The molecule has 5 nitrogen and oxygen atoms in total. The predicted molar refractivity (Wildman–Crippen MR) is 82.7 cm³/mol. The topological polar surface area (TPSA) is 61.8 Å². The Morgan fingerprint density at radius 3 is 2.70 bits per heavy atom. The highest BCUT2D eigenvalue weighted by atomic mass is 19.3. The van der Waals surface area contributed by atoms with E-state index in [0.717, 1.165) is 19.3 Å². The summed E-state index contributed by atoms with van der Waals surface area (Å²) in [5.41, 5.74) is 0.310. The Hall–Kier alpha value is -1.89. The van der Waals surface area contributed by atoms with Gasteiger partial charge in [0.1, 0.15) is 5.75 Å². The number of aliphatic hydroxyl groups excluding tert-OH is 1. The van der Waals surface area contributed by atoms with Crippen LogP contribution in [-0.4, -0.2) is 42.3 Å². The number of carbonyl (C=O) groups excluding carboxylic acids is 1. The van der Waals surface area contributed by atoms with Gasteiger partial charge in [-0.05, 0) is 36.8 Å². The molecule has 23 heavy (non-hydrogen) atoms. The second kappa shape index (κ2) is 7.59. The number of alkyl halides is 2. The van der Waals surface area contributed by atoms with Crippen molar-refractivity contribution in [1.82, 2.24) is 4.90 Å². The third kappa shape index (κ3) is 4.54. The quantitative estimate of drug-likeness (QED) is 0.872. The molecule has 7 heteroatoms. The summed E-state index contributed by atoms with van der Waals surface area (Å²) in [5.74, 6) is 0.00160. The molecule has 1 fully saturated rings. The molecule has 0 saturated carbocycles. The standard InChI is InChI=1S/C16H22F2N2O3/c1-2-16(11-21)6-8-20(9-7-16)15(22)19-12-4-3-5-13(10-12)23-14(17)18/h3-5,10,14,21H,2,6-9,11H2,1H3,(H,19,22). The number of benzene rings is 1. The van der Waals surface area contributed by atoms with Crippen LogP contribution < -0.4 is 10.1 Å². The van der Waals surface area contributed by atoms with E-state index in [0.29, 0.717) is 18.8 Å². The Kier molecular flexibility index (Phi) is 5.76. The van der Waals surface area contributed by atoms with E-state index >= 15 is 0 Å². The molecule has 2 N–H and O–H groups in total. The number of likely N-dealkylation sites (tertiary alicyclic amines) is 1. The number of hydrogen-bond acceptors (Lipinski definition) is 3. The van der Waals surface area contributed by atoms with Crippen molar-refractivity contribution in [3.05, 3.63) is 24.3 Å². The molecule has 0 radical (unpaired) electrons. The number of halogens is 2. The number of ether oxygens (including phenoxy) is 1. The van der Waals surface area contributed by atoms with Crippen LogP contribution >= 0.6 is 0 Å². The van der Waals surface area contributed by atoms with Gasteiger partial charge in [0.05, 0.1) is 0 Å². The summed E-state index contributed by atoms with van der Waals surface area (Å²) in [5, 5.41) is 12.2. The summed E-state index contributed by atoms with van der Waals surface area (Å²) in [6, 6.07) is 5.64. The third-order valence-electron chi connectivity index (χ3n) is 4.51. The molecule has 1 aliphatic rings. The predicted octanol–water partition coefficient (Wildman–Crippen LogP) is 3.30. The molecule has 2 amide bonds. The Labute approximate surface area is 134 Å². The smallest absolute Gasteiger partial charge is 0.387 e. The van der Waals surface area contributed by atoms with E-state index < -0.39 is 6.61 Å². The molecule has 0 aliphatic carbocycles. The number of carbonyl (C=O) groups is 1. The SMILES string of the molecule is CCC1(CO)CCN(C(=O)Nc2cccc(OC(F)F)c2)CC1. The van der Waals surface area contributed by atoms with Gasteiger partial charge < -0.3 is 20.1 Å². The van der Waals surface area contributed by atoms with Crippen molar-refractivity contribution < 1.29 is 23.4 Å². The van der Waals surface area contributed by atoms with Crippen molar-refractivity contribution in [3.63, 3.8) is 0 Å². The first-order valence-electron chi connectivity index (χ1n) is 7.70. The zero-order chi connectivity index (χ0) is 16.9. The molecule has 1 aliphatic heterocycles. The number of nitrogens with zero attached hydrogens (tertiary/aromatic N) is 1. The zero-order valence-electron chi connectivity index (χ0n) is 13.1. The lowest BCUT2D eigenvalue weighted by Crippen LogP contribution is -2.46. The van der Waals surface area contributed by atoms with Crippen molar-refractivity contribution >= 4 is 11.7 Å². The van der Waals surface area contributed by atoms with Crippen molar-refractivity contribution in [2.24, 2.45) is 5.41 Å². The second-order valence-electron chi connectivity index (χ2n) is 5.84. The summed E-state index contributed by atoms with van der Waals surface area (Å²) in [4.78, 5) is 13.9. The number of amides is 2. The van der Waals surface area contributed by atoms with Crippen molar-refractivity contribution in [2.75, 3.05) is 25.0 Å². The van der Waals surface area contributed by atoms with E-state index in [1.807, 2.05) is 6.92 Å². The van der Waals surface area contributed by atoms with E-state index in [1.165, 1.54) is 18.2 Å². The van der Waals surface area contributed by atoms with Crippen molar-refractivity contribution in [1.29, 1.82) is 0 Å². The number of piperidine rings is 1. The van der Waals surface area contributed by atoms with Crippen LogP contribution in [0.15, 0.2) is 24.3 Å². The minimum atomic E-state index is -2.90. The van der Waals surface area contributed by atoms with Gasteiger partial charge in [-0.25, -0.2) is 4.79 Å². The average molecular weight is 328 g/mol. The molecule has 1 aromatic rings. The highest BCUT2D eigenvalue weighted by molar-refractivity contribution is 5.89. The molecular weight excluding hydrogens is 306 g/mol. The third-order valence-corrected chi connectivity index (χ3v) is 4.51. The van der Waals surface area contributed by atoms with Gasteiger partial charge in [0, 0.05) is 31.5 Å². The lowest BCUT2D eigenvalue weighted by Gasteiger charge is -2.40. The monoisotopic (exact) mass is 328 g/mol. The van der Waals surface area contributed by atoms with Crippen LogP contribution in [0.2, 0.25) is 0 Å². The molecule has 1 heterocycles. The maximum absolute atomic E-state index is 12.3. The summed E-state index contributed by atoms with van der Waals surface area (Å²) in [6.07, 6.45) is 2.38. The molecular formula is C16H22F2N2O3. The van der Waals surface area contributed by atoms with E-state index in [2.05, 4.69) is 10.1 Å². The Morgan fingerprint density at radius 2 is 2.13 bits per heavy atom. The summed E-state index contributed by atoms with van der Waals surface area (Å²) >= 11 is 0. The number of hydrogen-bond donors (Lipinski definition) is 2. The lowest BCUT2D eigenvalue weighted by molar-refractivity contribution is -0.0497. The number of nitrogens with one attached hydrogen (secondary N) is 1. The van der Waals surface area contributed by atoms with Gasteiger partial charge in [0.25, 0.3) is 0 Å². The minimum Gasteiger partial charge on any atom is -0.435 e. The number of anilines is 1. The lowest BCUT2D eigenvalue weighted by atomic mass is 9.77. The number of urea groups is 1. The van der Waals surface area contributed by atoms with Crippen molar-refractivity contribution in [3.8, 4) is 5.75 Å². The van der Waals surface area contributed by atoms with Crippen molar-refractivity contribution in [2.45, 2.75) is 32.8 Å². The normalized spacial score (nSPS) is 17.2. The molecule has 0 bridgehead atoms.